The molecule has 0 saturated heterocycles. The van der Waals surface area contributed by atoms with Crippen molar-refractivity contribution in [3.63, 3.8) is 0 Å². The first-order valence-corrected chi connectivity index (χ1v) is 8.72. The van der Waals surface area contributed by atoms with Crippen molar-refractivity contribution < 1.29 is 14.9 Å². The maximum Gasteiger partial charge on any atom is 0.132 e. The molecular weight excluding hydrogens is 340 g/mol. The van der Waals surface area contributed by atoms with E-state index in [1.807, 2.05) is 36.4 Å². The number of ether oxygens (including phenoxy) is 1. The quantitative estimate of drug-likeness (QED) is 0.523. The van der Waals surface area contributed by atoms with Gasteiger partial charge in [-0.25, -0.2) is 5.43 Å². The van der Waals surface area contributed by atoms with Crippen LogP contribution in [0.2, 0.25) is 0 Å². The highest BCUT2D eigenvalue weighted by Crippen LogP contribution is 2.37. The van der Waals surface area contributed by atoms with Gasteiger partial charge in [0, 0.05) is 23.7 Å². The van der Waals surface area contributed by atoms with E-state index in [0.717, 1.165) is 28.0 Å². The van der Waals surface area contributed by atoms with Crippen LogP contribution in [0.5, 0.6) is 17.2 Å². The van der Waals surface area contributed by atoms with E-state index in [2.05, 4.69) is 23.0 Å². The van der Waals surface area contributed by atoms with Gasteiger partial charge in [0.1, 0.15) is 23.9 Å². The molecule has 0 unspecified atom stereocenters. The van der Waals surface area contributed by atoms with E-state index in [9.17, 15) is 10.2 Å². The Labute approximate surface area is 157 Å². The van der Waals surface area contributed by atoms with Crippen molar-refractivity contribution in [3.05, 3.63) is 89.5 Å². The summed E-state index contributed by atoms with van der Waals surface area (Å²) < 4.78 is 5.85. The molecule has 0 fully saturated rings. The third kappa shape index (κ3) is 3.73. The number of phenolic OH excluding ortho intramolecular Hbond substituents is 2. The Morgan fingerprint density at radius 1 is 0.852 bits per heavy atom. The minimum Gasteiger partial charge on any atom is -0.508 e. The lowest BCUT2D eigenvalue weighted by Crippen LogP contribution is -2.32. The van der Waals surface area contributed by atoms with Gasteiger partial charge in [-0.3, -0.25) is 0 Å². The molecule has 1 aliphatic heterocycles. The average molecular weight is 360 g/mol. The van der Waals surface area contributed by atoms with Crippen molar-refractivity contribution in [2.24, 2.45) is 0 Å². The number of rotatable bonds is 5. The predicted molar refractivity (Wildman–Crippen MR) is 105 cm³/mol. The summed E-state index contributed by atoms with van der Waals surface area (Å²) in [5.74, 6) is 1.01. The summed E-state index contributed by atoms with van der Waals surface area (Å²) in [7, 11) is 0. The molecule has 4 rings (SSSR count). The number of phenols is 2. The van der Waals surface area contributed by atoms with Crippen LogP contribution in [0, 0.1) is 0 Å². The Kier molecular flexibility index (Phi) is 4.68. The summed E-state index contributed by atoms with van der Waals surface area (Å²) in [6.07, 6.45) is 0. The summed E-state index contributed by atoms with van der Waals surface area (Å²) in [5, 5.41) is 19.3. The van der Waals surface area contributed by atoms with E-state index in [1.54, 1.807) is 24.3 Å². The van der Waals surface area contributed by atoms with Crippen LogP contribution in [0.3, 0.4) is 0 Å². The van der Waals surface area contributed by atoms with E-state index >= 15 is 0 Å². The summed E-state index contributed by atoms with van der Waals surface area (Å²) >= 11 is 0. The second kappa shape index (κ2) is 7.43. The molecule has 0 bridgehead atoms. The van der Waals surface area contributed by atoms with E-state index in [4.69, 9.17) is 4.74 Å². The predicted octanol–water partition coefficient (Wildman–Crippen LogP) is 3.65. The molecule has 3 aromatic carbocycles. The molecule has 0 spiro atoms. The third-order valence-electron chi connectivity index (χ3n) is 4.47. The molecular formula is C22H20N2O3. The van der Waals surface area contributed by atoms with Crippen LogP contribution in [0.1, 0.15) is 16.7 Å². The standard InChI is InChI=1S/C22H20N2O3/c25-17-8-6-16(7-9-17)20-14-27-21-12-18(26)10-11-19(21)22(20)24-23-13-15-4-2-1-3-5-15/h1-12,23-26H,13-14H2. The number of benzene rings is 3. The van der Waals surface area contributed by atoms with Gasteiger partial charge in [-0.05, 0) is 35.4 Å². The summed E-state index contributed by atoms with van der Waals surface area (Å²) in [4.78, 5) is 0. The van der Waals surface area contributed by atoms with E-state index in [0.29, 0.717) is 18.9 Å². The van der Waals surface area contributed by atoms with Gasteiger partial charge < -0.3 is 20.4 Å². The van der Waals surface area contributed by atoms with Gasteiger partial charge in [-0.2, -0.15) is 0 Å². The van der Waals surface area contributed by atoms with Gasteiger partial charge in [0.25, 0.3) is 0 Å². The van der Waals surface area contributed by atoms with Crippen molar-refractivity contribution in [1.29, 1.82) is 0 Å². The minimum atomic E-state index is 0.165. The van der Waals surface area contributed by atoms with Gasteiger partial charge in [0.15, 0.2) is 0 Å². The van der Waals surface area contributed by atoms with Crippen molar-refractivity contribution >= 4 is 11.3 Å². The molecule has 4 N–H and O–H groups in total. The first kappa shape index (κ1) is 17.0. The average Bonchev–Trinajstić information content (AvgIpc) is 2.69. The lowest BCUT2D eigenvalue weighted by Gasteiger charge is -2.26. The fourth-order valence-corrected chi connectivity index (χ4v) is 3.09. The smallest absolute Gasteiger partial charge is 0.132 e. The number of hydrogen-bond acceptors (Lipinski definition) is 5. The van der Waals surface area contributed by atoms with Crippen molar-refractivity contribution in [2.75, 3.05) is 6.61 Å². The molecule has 136 valence electrons. The molecule has 5 nitrogen and oxygen atoms in total. The first-order chi connectivity index (χ1) is 13.2. The SMILES string of the molecule is Oc1ccc(C2=C(NNCc3ccccc3)c3ccc(O)cc3OC2)cc1. The Balaban J connectivity index is 1.67. The zero-order valence-corrected chi connectivity index (χ0v) is 14.6. The second-order valence-corrected chi connectivity index (χ2v) is 6.33. The Morgan fingerprint density at radius 2 is 1.59 bits per heavy atom. The molecule has 0 amide bonds. The lowest BCUT2D eigenvalue weighted by atomic mass is 9.97. The van der Waals surface area contributed by atoms with Crippen LogP contribution in [0.4, 0.5) is 0 Å². The molecule has 0 radical (unpaired) electrons. The lowest BCUT2D eigenvalue weighted by molar-refractivity contribution is 0.359. The van der Waals surface area contributed by atoms with Crippen molar-refractivity contribution in [3.8, 4) is 17.2 Å². The van der Waals surface area contributed by atoms with Gasteiger partial charge in [-0.15, -0.1) is 0 Å². The summed E-state index contributed by atoms with van der Waals surface area (Å²) in [5.41, 5.74) is 11.4. The number of nitrogens with one attached hydrogen (secondary N) is 2. The molecule has 0 atom stereocenters. The molecule has 0 aliphatic carbocycles. The number of aromatic hydroxyl groups is 2. The highest BCUT2D eigenvalue weighted by molar-refractivity contribution is 5.93. The third-order valence-corrected chi connectivity index (χ3v) is 4.47. The van der Waals surface area contributed by atoms with Crippen LogP contribution in [-0.2, 0) is 6.54 Å². The zero-order valence-electron chi connectivity index (χ0n) is 14.6. The zero-order chi connectivity index (χ0) is 18.6. The van der Waals surface area contributed by atoms with Crippen LogP contribution in [0.25, 0.3) is 11.3 Å². The number of hydrazine groups is 1. The Bertz CT molecular complexity index is 967. The molecule has 5 heteroatoms. The topological polar surface area (TPSA) is 73.8 Å². The van der Waals surface area contributed by atoms with Gasteiger partial charge in [-0.1, -0.05) is 42.5 Å². The van der Waals surface area contributed by atoms with Crippen LogP contribution in [-0.4, -0.2) is 16.8 Å². The summed E-state index contributed by atoms with van der Waals surface area (Å²) in [6.45, 7) is 1.01. The van der Waals surface area contributed by atoms with E-state index in [-0.39, 0.29) is 11.5 Å². The fraction of sp³-hybridized carbons (Fsp3) is 0.0909. The maximum absolute atomic E-state index is 9.75. The second-order valence-electron chi connectivity index (χ2n) is 6.33. The fourth-order valence-electron chi connectivity index (χ4n) is 3.09. The van der Waals surface area contributed by atoms with Crippen LogP contribution in [0.15, 0.2) is 72.8 Å². The first-order valence-electron chi connectivity index (χ1n) is 8.72. The molecule has 3 aromatic rings. The monoisotopic (exact) mass is 360 g/mol. The maximum atomic E-state index is 9.75. The molecule has 27 heavy (non-hydrogen) atoms. The Hall–Kier alpha value is -3.44. The molecule has 1 aliphatic rings. The minimum absolute atomic E-state index is 0.165. The van der Waals surface area contributed by atoms with Gasteiger partial charge in [0.2, 0.25) is 0 Å². The summed E-state index contributed by atoms with van der Waals surface area (Å²) in [6, 6.07) is 22.2. The van der Waals surface area contributed by atoms with Crippen LogP contribution < -0.4 is 15.6 Å². The van der Waals surface area contributed by atoms with E-state index in [1.165, 1.54) is 0 Å². The number of fused-ring (bicyclic) bond motifs is 1. The van der Waals surface area contributed by atoms with Gasteiger partial charge in [0.05, 0.1) is 5.70 Å². The molecule has 0 aromatic heterocycles. The highest BCUT2D eigenvalue weighted by Gasteiger charge is 2.22. The highest BCUT2D eigenvalue weighted by atomic mass is 16.5. The number of hydrogen-bond donors (Lipinski definition) is 4. The largest absolute Gasteiger partial charge is 0.508 e. The normalized spacial score (nSPS) is 13.0. The Morgan fingerprint density at radius 3 is 2.37 bits per heavy atom. The van der Waals surface area contributed by atoms with Crippen molar-refractivity contribution in [2.45, 2.75) is 6.54 Å². The van der Waals surface area contributed by atoms with Crippen LogP contribution >= 0.6 is 0 Å². The molecule has 0 saturated carbocycles. The van der Waals surface area contributed by atoms with Gasteiger partial charge >= 0.3 is 0 Å². The van der Waals surface area contributed by atoms with E-state index < -0.39 is 0 Å². The molecule has 1 heterocycles. The van der Waals surface area contributed by atoms with Crippen molar-refractivity contribution in [1.82, 2.24) is 10.9 Å².